The number of carbonyl (C=O) groups is 1. The van der Waals surface area contributed by atoms with Crippen LogP contribution in [-0.2, 0) is 6.54 Å². The molecule has 3 fully saturated rings. The molecule has 0 bridgehead atoms. The molecule has 0 saturated carbocycles. The Labute approximate surface area is 173 Å². The summed E-state index contributed by atoms with van der Waals surface area (Å²) in [4.78, 5) is 19.7. The van der Waals surface area contributed by atoms with Gasteiger partial charge in [0.25, 0.3) is 0 Å². The summed E-state index contributed by atoms with van der Waals surface area (Å²) in [6.07, 6.45) is 4.91. The van der Waals surface area contributed by atoms with Gasteiger partial charge in [0.15, 0.2) is 0 Å². The number of urea groups is 1. The van der Waals surface area contributed by atoms with E-state index in [1.165, 1.54) is 25.8 Å². The van der Waals surface area contributed by atoms with Gasteiger partial charge in [-0.05, 0) is 44.0 Å². The largest absolute Gasteiger partial charge is 0.497 e. The number of fused-ring (bicyclic) bond motifs is 1. The van der Waals surface area contributed by atoms with Gasteiger partial charge in [0.05, 0.1) is 14.2 Å². The van der Waals surface area contributed by atoms with Crippen LogP contribution in [0.4, 0.5) is 4.79 Å². The van der Waals surface area contributed by atoms with Gasteiger partial charge in [0.1, 0.15) is 11.5 Å². The smallest absolute Gasteiger partial charge is 0.317 e. The average molecular weight is 403 g/mol. The van der Waals surface area contributed by atoms with Crippen LogP contribution in [0.5, 0.6) is 11.5 Å². The second kappa shape index (κ2) is 9.22. The maximum Gasteiger partial charge on any atom is 0.317 e. The predicted octanol–water partition coefficient (Wildman–Crippen LogP) is 2.16. The van der Waals surface area contributed by atoms with Crippen LogP contribution in [0.3, 0.4) is 0 Å². The van der Waals surface area contributed by atoms with Crippen molar-refractivity contribution in [2.45, 2.75) is 44.3 Å². The maximum atomic E-state index is 12.8. The molecule has 4 rings (SSSR count). The molecular weight excluding hydrogens is 368 g/mol. The van der Waals surface area contributed by atoms with Crippen molar-refractivity contribution in [1.29, 1.82) is 0 Å². The molecule has 3 saturated heterocycles. The Hall–Kier alpha value is -1.99. The van der Waals surface area contributed by atoms with E-state index in [4.69, 9.17) is 9.47 Å². The highest BCUT2D eigenvalue weighted by atomic mass is 16.5. The lowest BCUT2D eigenvalue weighted by molar-refractivity contribution is 0.128. The molecule has 0 spiro atoms. The summed E-state index contributed by atoms with van der Waals surface area (Å²) in [6, 6.07) is 6.89. The Balaban J connectivity index is 1.28. The van der Waals surface area contributed by atoms with E-state index in [1.54, 1.807) is 14.2 Å². The van der Waals surface area contributed by atoms with Crippen LogP contribution < -0.4 is 14.8 Å². The van der Waals surface area contributed by atoms with E-state index < -0.39 is 0 Å². The Morgan fingerprint density at radius 2 is 1.86 bits per heavy atom. The minimum Gasteiger partial charge on any atom is -0.497 e. The van der Waals surface area contributed by atoms with Crippen molar-refractivity contribution >= 4 is 6.03 Å². The fourth-order valence-electron chi connectivity index (χ4n) is 5.02. The molecular formula is C22H34N4O3. The number of methoxy groups -OCH3 is 2. The lowest BCUT2D eigenvalue weighted by atomic mass is 9.99. The number of benzene rings is 1. The van der Waals surface area contributed by atoms with Crippen LogP contribution in [-0.4, -0.2) is 86.3 Å². The van der Waals surface area contributed by atoms with Crippen molar-refractivity contribution in [3.8, 4) is 11.5 Å². The number of rotatable bonds is 5. The number of hydrogen-bond donors (Lipinski definition) is 1. The monoisotopic (exact) mass is 402 g/mol. The second-order valence-corrected chi connectivity index (χ2v) is 8.38. The highest BCUT2D eigenvalue weighted by molar-refractivity contribution is 5.74. The highest BCUT2D eigenvalue weighted by Crippen LogP contribution is 2.28. The summed E-state index contributed by atoms with van der Waals surface area (Å²) in [6.45, 7) is 6.39. The molecule has 160 valence electrons. The molecule has 0 radical (unpaired) electrons. The van der Waals surface area contributed by atoms with Gasteiger partial charge >= 0.3 is 6.03 Å². The Kier molecular flexibility index (Phi) is 6.45. The Bertz CT molecular complexity index is 705. The third-order valence-electron chi connectivity index (χ3n) is 6.71. The van der Waals surface area contributed by atoms with Gasteiger partial charge in [0, 0.05) is 56.9 Å². The Morgan fingerprint density at radius 1 is 1.03 bits per heavy atom. The number of piperidine rings is 1. The zero-order chi connectivity index (χ0) is 20.2. The van der Waals surface area contributed by atoms with Crippen LogP contribution in [0.25, 0.3) is 0 Å². The van der Waals surface area contributed by atoms with Gasteiger partial charge in [-0.1, -0.05) is 6.42 Å². The first-order valence-electron chi connectivity index (χ1n) is 10.9. The van der Waals surface area contributed by atoms with Crippen molar-refractivity contribution in [3.63, 3.8) is 0 Å². The number of nitrogens with one attached hydrogen (secondary N) is 1. The first-order valence-corrected chi connectivity index (χ1v) is 10.9. The van der Waals surface area contributed by atoms with Crippen molar-refractivity contribution in [2.24, 2.45) is 0 Å². The minimum atomic E-state index is 0.112. The molecule has 1 N–H and O–H groups in total. The SMILES string of the molecule is COc1ccc(OC)c(CN2CCN(C(=O)NC3CCN4CCCCC34)CC2)c1. The van der Waals surface area contributed by atoms with Gasteiger partial charge in [-0.2, -0.15) is 0 Å². The maximum absolute atomic E-state index is 12.8. The quantitative estimate of drug-likeness (QED) is 0.818. The van der Waals surface area contributed by atoms with Gasteiger partial charge < -0.3 is 19.7 Å². The summed E-state index contributed by atoms with van der Waals surface area (Å²) < 4.78 is 10.9. The predicted molar refractivity (Wildman–Crippen MR) is 113 cm³/mol. The van der Waals surface area contributed by atoms with Crippen LogP contribution >= 0.6 is 0 Å². The van der Waals surface area contributed by atoms with Gasteiger partial charge in [0.2, 0.25) is 0 Å². The molecule has 0 aliphatic carbocycles. The lowest BCUT2D eigenvalue weighted by Crippen LogP contribution is -2.55. The third kappa shape index (κ3) is 4.61. The van der Waals surface area contributed by atoms with Crippen LogP contribution in [0.15, 0.2) is 18.2 Å². The molecule has 2 atom stereocenters. The molecule has 2 amide bonds. The molecule has 3 aliphatic rings. The summed E-state index contributed by atoms with van der Waals surface area (Å²) >= 11 is 0. The van der Waals surface area contributed by atoms with Gasteiger partial charge in [-0.3, -0.25) is 9.80 Å². The van der Waals surface area contributed by atoms with E-state index in [-0.39, 0.29) is 6.03 Å². The van der Waals surface area contributed by atoms with E-state index in [2.05, 4.69) is 15.1 Å². The molecule has 1 aromatic carbocycles. The zero-order valence-electron chi connectivity index (χ0n) is 17.7. The van der Waals surface area contributed by atoms with Crippen molar-refractivity contribution in [1.82, 2.24) is 20.0 Å². The number of ether oxygens (including phenoxy) is 2. The van der Waals surface area contributed by atoms with Gasteiger partial charge in [-0.15, -0.1) is 0 Å². The highest BCUT2D eigenvalue weighted by Gasteiger charge is 2.37. The summed E-state index contributed by atoms with van der Waals surface area (Å²) in [5.74, 6) is 1.72. The number of nitrogens with zero attached hydrogens (tertiary/aromatic N) is 3. The average Bonchev–Trinajstić information content (AvgIpc) is 3.17. The number of amides is 2. The molecule has 1 aromatic rings. The lowest BCUT2D eigenvalue weighted by Gasteiger charge is -2.37. The number of carbonyl (C=O) groups excluding carboxylic acids is 1. The van der Waals surface area contributed by atoms with Crippen LogP contribution in [0.2, 0.25) is 0 Å². The Morgan fingerprint density at radius 3 is 2.62 bits per heavy atom. The molecule has 0 aromatic heterocycles. The van der Waals surface area contributed by atoms with E-state index in [9.17, 15) is 4.79 Å². The van der Waals surface area contributed by atoms with E-state index >= 15 is 0 Å². The fraction of sp³-hybridized carbons (Fsp3) is 0.682. The molecule has 29 heavy (non-hydrogen) atoms. The molecule has 7 nitrogen and oxygen atoms in total. The topological polar surface area (TPSA) is 57.3 Å². The third-order valence-corrected chi connectivity index (χ3v) is 6.71. The molecule has 3 heterocycles. The van der Waals surface area contributed by atoms with Crippen molar-refractivity contribution < 1.29 is 14.3 Å². The standard InChI is InChI=1S/C22H34N4O3/c1-28-18-6-7-21(29-2)17(15-18)16-24-11-13-26(14-12-24)22(27)23-19-8-10-25-9-4-3-5-20(19)25/h6-7,15,19-20H,3-5,8-14,16H2,1-2H3,(H,23,27). The van der Waals surface area contributed by atoms with E-state index in [0.717, 1.165) is 62.8 Å². The zero-order valence-corrected chi connectivity index (χ0v) is 17.7. The summed E-state index contributed by atoms with van der Waals surface area (Å²) in [7, 11) is 3.38. The molecule has 3 aliphatic heterocycles. The van der Waals surface area contributed by atoms with E-state index in [1.807, 2.05) is 23.1 Å². The van der Waals surface area contributed by atoms with E-state index in [0.29, 0.717) is 12.1 Å². The fourth-order valence-corrected chi connectivity index (χ4v) is 5.02. The number of hydrogen-bond acceptors (Lipinski definition) is 5. The normalized spacial score (nSPS) is 25.5. The second-order valence-electron chi connectivity index (χ2n) is 8.38. The first kappa shape index (κ1) is 20.3. The molecule has 2 unspecified atom stereocenters. The summed E-state index contributed by atoms with van der Waals surface area (Å²) in [5, 5.41) is 3.34. The minimum absolute atomic E-state index is 0.112. The summed E-state index contributed by atoms with van der Waals surface area (Å²) in [5.41, 5.74) is 1.12. The molecule has 7 heteroatoms. The van der Waals surface area contributed by atoms with Crippen molar-refractivity contribution in [2.75, 3.05) is 53.5 Å². The van der Waals surface area contributed by atoms with Crippen LogP contribution in [0.1, 0.15) is 31.2 Å². The number of piperazine rings is 1. The first-order chi connectivity index (χ1) is 14.2. The van der Waals surface area contributed by atoms with Crippen LogP contribution in [0, 0.1) is 0 Å². The van der Waals surface area contributed by atoms with Crippen molar-refractivity contribution in [3.05, 3.63) is 23.8 Å². The van der Waals surface area contributed by atoms with Gasteiger partial charge in [-0.25, -0.2) is 4.79 Å².